The summed E-state index contributed by atoms with van der Waals surface area (Å²) in [5.74, 6) is -0.630. The number of carbonyl (C=O) groups excluding carboxylic acids is 2. The van der Waals surface area contributed by atoms with Crippen LogP contribution in [0, 0.1) is 0 Å². The minimum Gasteiger partial charge on any atom is -0.338 e. The lowest BCUT2D eigenvalue weighted by atomic mass is 10.2. The van der Waals surface area contributed by atoms with Gasteiger partial charge in [0.25, 0.3) is 6.43 Å². The number of urea groups is 1. The molecule has 0 saturated carbocycles. The Morgan fingerprint density at radius 1 is 1.39 bits per heavy atom. The monoisotopic (exact) mass is 266 g/mol. The van der Waals surface area contributed by atoms with Crippen molar-refractivity contribution in [2.45, 2.75) is 26.3 Å². The van der Waals surface area contributed by atoms with Gasteiger partial charge in [-0.2, -0.15) is 0 Å². The van der Waals surface area contributed by atoms with Crippen LogP contribution in [-0.4, -0.2) is 55.5 Å². The molecular weight excluding hydrogens is 246 g/mol. The maximum atomic E-state index is 12.3. The summed E-state index contributed by atoms with van der Waals surface area (Å²) in [6.45, 7) is 3.29. The molecule has 8 heteroatoms. The number of hydrogen-bond donors (Lipinski definition) is 3. The fraction of sp³-hybridized carbons (Fsp3) is 0.800. The zero-order valence-corrected chi connectivity index (χ0v) is 10.6. The van der Waals surface area contributed by atoms with Crippen LogP contribution in [0.15, 0.2) is 0 Å². The third-order valence-corrected chi connectivity index (χ3v) is 2.29. The van der Waals surface area contributed by atoms with Gasteiger partial charge in [-0.3, -0.25) is 15.0 Å². The molecule has 0 bridgehead atoms. The Kier molecular flexibility index (Phi) is 8.14. The summed E-state index contributed by atoms with van der Waals surface area (Å²) in [5, 5.41) is 4.46. The molecule has 0 radical (unpaired) electrons. The summed E-state index contributed by atoms with van der Waals surface area (Å²) < 4.78 is 24.6. The van der Waals surface area contributed by atoms with Crippen molar-refractivity contribution in [1.82, 2.24) is 15.5 Å². The number of hydrogen-bond acceptors (Lipinski definition) is 4. The van der Waals surface area contributed by atoms with Gasteiger partial charge in [0.2, 0.25) is 5.91 Å². The van der Waals surface area contributed by atoms with Crippen molar-refractivity contribution in [1.29, 1.82) is 0 Å². The van der Waals surface area contributed by atoms with Crippen molar-refractivity contribution in [3.8, 4) is 0 Å². The van der Waals surface area contributed by atoms with Gasteiger partial charge in [0, 0.05) is 19.6 Å². The Balaban J connectivity index is 4.40. The minimum absolute atomic E-state index is 0.158. The number of halogens is 2. The predicted molar refractivity (Wildman–Crippen MR) is 63.3 cm³/mol. The molecule has 0 aliphatic rings. The molecule has 3 amide bonds. The average molecular weight is 266 g/mol. The molecule has 0 aromatic rings. The molecule has 0 aromatic carbocycles. The van der Waals surface area contributed by atoms with Crippen LogP contribution in [0.2, 0.25) is 0 Å². The van der Waals surface area contributed by atoms with E-state index in [0.717, 1.165) is 0 Å². The smallest absolute Gasteiger partial charge is 0.321 e. The van der Waals surface area contributed by atoms with Crippen LogP contribution in [0.3, 0.4) is 0 Å². The molecule has 0 aromatic heterocycles. The van der Waals surface area contributed by atoms with Crippen LogP contribution in [0.5, 0.6) is 0 Å². The molecule has 0 aliphatic carbocycles. The Morgan fingerprint density at radius 3 is 2.44 bits per heavy atom. The van der Waals surface area contributed by atoms with Crippen LogP contribution in [0.25, 0.3) is 0 Å². The highest BCUT2D eigenvalue weighted by atomic mass is 19.3. The molecule has 0 saturated heterocycles. The molecule has 1 unspecified atom stereocenters. The molecular formula is C10H20F2N4O2. The van der Waals surface area contributed by atoms with Crippen LogP contribution >= 0.6 is 0 Å². The lowest BCUT2D eigenvalue weighted by Gasteiger charge is -2.26. The fourth-order valence-corrected chi connectivity index (χ4v) is 1.37. The quantitative estimate of drug-likeness (QED) is 0.593. The second-order valence-electron chi connectivity index (χ2n) is 3.70. The van der Waals surface area contributed by atoms with Crippen LogP contribution in [0.4, 0.5) is 13.6 Å². The molecule has 0 aliphatic heterocycles. The van der Waals surface area contributed by atoms with E-state index in [2.05, 4.69) is 10.6 Å². The average Bonchev–Trinajstić information content (AvgIpc) is 2.27. The summed E-state index contributed by atoms with van der Waals surface area (Å²) in [7, 11) is 0. The highest BCUT2D eigenvalue weighted by Crippen LogP contribution is 2.03. The fourth-order valence-electron chi connectivity index (χ4n) is 1.37. The van der Waals surface area contributed by atoms with E-state index in [1.807, 2.05) is 0 Å². The van der Waals surface area contributed by atoms with Crippen LogP contribution < -0.4 is 16.4 Å². The molecule has 0 heterocycles. The number of carbonyl (C=O) groups is 2. The maximum absolute atomic E-state index is 12.3. The van der Waals surface area contributed by atoms with E-state index in [9.17, 15) is 18.4 Å². The molecule has 0 rings (SSSR count). The normalized spacial score (nSPS) is 12.6. The summed E-state index contributed by atoms with van der Waals surface area (Å²) in [5.41, 5.74) is 5.29. The lowest BCUT2D eigenvalue weighted by molar-refractivity contribution is -0.125. The van der Waals surface area contributed by atoms with Gasteiger partial charge in [-0.1, -0.05) is 0 Å². The van der Waals surface area contributed by atoms with Crippen molar-refractivity contribution >= 4 is 11.9 Å². The summed E-state index contributed by atoms with van der Waals surface area (Å²) >= 11 is 0. The first kappa shape index (κ1) is 16.7. The lowest BCUT2D eigenvalue weighted by Crippen LogP contribution is -2.51. The highest BCUT2D eigenvalue weighted by Gasteiger charge is 2.24. The van der Waals surface area contributed by atoms with Crippen LogP contribution in [0.1, 0.15) is 13.8 Å². The van der Waals surface area contributed by atoms with E-state index in [0.29, 0.717) is 6.54 Å². The van der Waals surface area contributed by atoms with Crippen LogP contribution in [-0.2, 0) is 4.79 Å². The second-order valence-corrected chi connectivity index (χ2v) is 3.70. The van der Waals surface area contributed by atoms with Crippen molar-refractivity contribution in [3.05, 3.63) is 0 Å². The summed E-state index contributed by atoms with van der Waals surface area (Å²) in [6.07, 6.45) is -2.56. The zero-order chi connectivity index (χ0) is 14.1. The molecule has 0 fully saturated rings. The summed E-state index contributed by atoms with van der Waals surface area (Å²) in [4.78, 5) is 24.0. The molecule has 18 heavy (non-hydrogen) atoms. The third-order valence-electron chi connectivity index (χ3n) is 2.29. The first-order valence-corrected chi connectivity index (χ1v) is 5.73. The highest BCUT2D eigenvalue weighted by molar-refractivity contribution is 5.96. The largest absolute Gasteiger partial charge is 0.338 e. The Bertz CT molecular complexity index is 277. The zero-order valence-electron chi connectivity index (χ0n) is 10.6. The third kappa shape index (κ3) is 6.45. The molecule has 0 spiro atoms. The van der Waals surface area contributed by atoms with E-state index in [4.69, 9.17) is 5.73 Å². The van der Waals surface area contributed by atoms with Gasteiger partial charge >= 0.3 is 6.03 Å². The number of imide groups is 1. The van der Waals surface area contributed by atoms with Gasteiger partial charge in [0.05, 0.1) is 12.6 Å². The predicted octanol–water partition coefficient (Wildman–Crippen LogP) is -0.254. The number of alkyl halides is 2. The van der Waals surface area contributed by atoms with Gasteiger partial charge in [-0.25, -0.2) is 13.6 Å². The van der Waals surface area contributed by atoms with E-state index >= 15 is 0 Å². The SMILES string of the molecule is CCNC(=O)NC(=O)C(C)N(CCN)CC(F)F. The second kappa shape index (κ2) is 8.76. The van der Waals surface area contributed by atoms with E-state index in [1.54, 1.807) is 6.92 Å². The number of rotatable bonds is 7. The topological polar surface area (TPSA) is 87.5 Å². The van der Waals surface area contributed by atoms with Gasteiger partial charge in [-0.05, 0) is 13.8 Å². The Hall–Kier alpha value is -1.28. The van der Waals surface area contributed by atoms with Crippen molar-refractivity contribution < 1.29 is 18.4 Å². The minimum atomic E-state index is -2.56. The van der Waals surface area contributed by atoms with Gasteiger partial charge in [-0.15, -0.1) is 0 Å². The number of nitrogens with zero attached hydrogens (tertiary/aromatic N) is 1. The van der Waals surface area contributed by atoms with Gasteiger partial charge < -0.3 is 11.1 Å². The molecule has 4 N–H and O–H groups in total. The first-order valence-electron chi connectivity index (χ1n) is 5.73. The van der Waals surface area contributed by atoms with Gasteiger partial charge in [0.1, 0.15) is 0 Å². The number of nitrogens with two attached hydrogens (primary N) is 1. The maximum Gasteiger partial charge on any atom is 0.321 e. The standard InChI is InChI=1S/C10H20F2N4O2/c1-3-14-10(18)15-9(17)7(2)16(5-4-13)6-8(11)12/h7-8H,3-6,13H2,1-2H3,(H2,14,15,17,18). The van der Waals surface area contributed by atoms with E-state index in [1.165, 1.54) is 11.8 Å². The molecule has 6 nitrogen and oxygen atoms in total. The molecule has 1 atom stereocenters. The number of nitrogens with one attached hydrogen (secondary N) is 2. The van der Waals surface area contributed by atoms with E-state index < -0.39 is 31.0 Å². The Labute approximate surface area is 105 Å². The van der Waals surface area contributed by atoms with Crippen molar-refractivity contribution in [3.63, 3.8) is 0 Å². The van der Waals surface area contributed by atoms with Crippen molar-refractivity contribution in [2.75, 3.05) is 26.2 Å². The van der Waals surface area contributed by atoms with E-state index in [-0.39, 0.29) is 13.1 Å². The number of amides is 3. The summed E-state index contributed by atoms with van der Waals surface area (Å²) in [6, 6.07) is -1.48. The first-order chi connectivity index (χ1) is 8.42. The van der Waals surface area contributed by atoms with Crippen molar-refractivity contribution in [2.24, 2.45) is 5.73 Å². The molecule has 106 valence electrons. The van der Waals surface area contributed by atoms with Gasteiger partial charge in [0.15, 0.2) is 0 Å². The Morgan fingerprint density at radius 2 is 2.00 bits per heavy atom.